The number of rotatable bonds is 8. The zero-order chi connectivity index (χ0) is 25.7. The Balaban J connectivity index is 1.31. The molecule has 0 saturated heterocycles. The van der Waals surface area contributed by atoms with Crippen molar-refractivity contribution in [2.45, 2.75) is 33.8 Å². The number of hydrogen-bond acceptors (Lipinski definition) is 6. The Morgan fingerprint density at radius 2 is 1.72 bits per heavy atom. The molecule has 184 valence electrons. The lowest BCUT2D eigenvalue weighted by Gasteiger charge is -2.13. The van der Waals surface area contributed by atoms with E-state index in [9.17, 15) is 14.4 Å². The third-order valence-electron chi connectivity index (χ3n) is 5.86. The molecule has 0 bridgehead atoms. The van der Waals surface area contributed by atoms with Gasteiger partial charge in [-0.15, -0.1) is 0 Å². The first kappa shape index (κ1) is 24.7. The lowest BCUT2D eigenvalue weighted by atomic mass is 10.1. The van der Waals surface area contributed by atoms with Crippen LogP contribution in [0.2, 0.25) is 0 Å². The number of aryl methyl sites for hydroxylation is 3. The highest BCUT2D eigenvalue weighted by molar-refractivity contribution is 5.96. The summed E-state index contributed by atoms with van der Waals surface area (Å²) < 4.78 is 16.3. The molecule has 0 spiro atoms. The Kier molecular flexibility index (Phi) is 7.49. The van der Waals surface area contributed by atoms with Gasteiger partial charge < -0.3 is 19.2 Å². The summed E-state index contributed by atoms with van der Waals surface area (Å²) >= 11 is 0. The largest absolute Gasteiger partial charge is 0.489 e. The lowest BCUT2D eigenvalue weighted by Crippen LogP contribution is -2.22. The Hall–Kier alpha value is -4.39. The van der Waals surface area contributed by atoms with Gasteiger partial charge in [-0.3, -0.25) is 4.79 Å². The topological polar surface area (TPSA) is 94.8 Å². The third-order valence-corrected chi connectivity index (χ3v) is 5.86. The predicted molar refractivity (Wildman–Crippen MR) is 137 cm³/mol. The molecule has 0 aliphatic heterocycles. The highest BCUT2D eigenvalue weighted by atomic mass is 16.5. The number of para-hydroxylation sites is 1. The van der Waals surface area contributed by atoms with Crippen LogP contribution in [0, 0.1) is 13.8 Å². The maximum absolute atomic E-state index is 12.4. The van der Waals surface area contributed by atoms with E-state index >= 15 is 0 Å². The Morgan fingerprint density at radius 3 is 2.47 bits per heavy atom. The van der Waals surface area contributed by atoms with Gasteiger partial charge in [-0.05, 0) is 66.8 Å². The summed E-state index contributed by atoms with van der Waals surface area (Å²) in [4.78, 5) is 36.3. The van der Waals surface area contributed by atoms with Crippen LogP contribution in [-0.2, 0) is 22.6 Å². The lowest BCUT2D eigenvalue weighted by molar-refractivity contribution is -0.119. The number of carbonyl (C=O) groups excluding carboxylic acids is 2. The van der Waals surface area contributed by atoms with Gasteiger partial charge in [-0.1, -0.05) is 37.3 Å². The highest BCUT2D eigenvalue weighted by Crippen LogP contribution is 2.23. The van der Waals surface area contributed by atoms with Crippen LogP contribution in [0.1, 0.15) is 39.5 Å². The van der Waals surface area contributed by atoms with Gasteiger partial charge in [0.15, 0.2) is 6.61 Å². The van der Waals surface area contributed by atoms with Crippen LogP contribution in [0.3, 0.4) is 0 Å². The Morgan fingerprint density at radius 1 is 0.944 bits per heavy atom. The number of carbonyl (C=O) groups is 2. The monoisotopic (exact) mass is 485 g/mol. The first-order valence-electron chi connectivity index (χ1n) is 11.7. The van der Waals surface area contributed by atoms with Crippen molar-refractivity contribution in [2.75, 3.05) is 11.9 Å². The fourth-order valence-electron chi connectivity index (χ4n) is 3.89. The average Bonchev–Trinajstić information content (AvgIpc) is 2.87. The van der Waals surface area contributed by atoms with E-state index in [-0.39, 0.29) is 13.2 Å². The van der Waals surface area contributed by atoms with Crippen molar-refractivity contribution >= 4 is 28.5 Å². The molecule has 1 aromatic heterocycles. The van der Waals surface area contributed by atoms with Crippen molar-refractivity contribution in [3.63, 3.8) is 0 Å². The molecule has 7 heteroatoms. The Bertz CT molecular complexity index is 1470. The van der Waals surface area contributed by atoms with Gasteiger partial charge in [0, 0.05) is 23.2 Å². The first-order chi connectivity index (χ1) is 17.3. The fraction of sp³-hybridized carbons (Fsp3) is 0.207. The molecule has 36 heavy (non-hydrogen) atoms. The van der Waals surface area contributed by atoms with Crippen molar-refractivity contribution in [2.24, 2.45) is 0 Å². The van der Waals surface area contributed by atoms with Crippen LogP contribution in [0.25, 0.3) is 11.0 Å². The molecule has 0 radical (unpaired) electrons. The van der Waals surface area contributed by atoms with E-state index in [2.05, 4.69) is 5.32 Å². The summed E-state index contributed by atoms with van der Waals surface area (Å²) in [5, 5.41) is 3.69. The van der Waals surface area contributed by atoms with Crippen LogP contribution in [0.5, 0.6) is 5.75 Å². The molecular weight excluding hydrogens is 458 g/mol. The number of hydrogen-bond donors (Lipinski definition) is 1. The molecule has 1 heterocycles. The molecule has 0 atom stereocenters. The summed E-state index contributed by atoms with van der Waals surface area (Å²) in [6, 6.07) is 19.4. The van der Waals surface area contributed by atoms with Gasteiger partial charge in [0.05, 0.1) is 5.56 Å². The van der Waals surface area contributed by atoms with Crippen molar-refractivity contribution in [3.8, 4) is 5.75 Å². The van der Waals surface area contributed by atoms with Crippen molar-refractivity contribution < 1.29 is 23.5 Å². The van der Waals surface area contributed by atoms with Gasteiger partial charge in [0.2, 0.25) is 0 Å². The van der Waals surface area contributed by atoms with Crippen molar-refractivity contribution in [1.82, 2.24) is 0 Å². The first-order valence-corrected chi connectivity index (χ1v) is 11.7. The van der Waals surface area contributed by atoms with E-state index in [0.29, 0.717) is 16.9 Å². The molecular formula is C29H27NO6. The van der Waals surface area contributed by atoms with Crippen LogP contribution in [-0.4, -0.2) is 18.5 Å². The number of amides is 1. The maximum Gasteiger partial charge on any atom is 0.338 e. The molecule has 1 N–H and O–H groups in total. The molecule has 4 aromatic rings. The third kappa shape index (κ3) is 5.81. The van der Waals surface area contributed by atoms with Gasteiger partial charge in [0.25, 0.3) is 5.91 Å². The highest BCUT2D eigenvalue weighted by Gasteiger charge is 2.13. The van der Waals surface area contributed by atoms with E-state index in [1.165, 1.54) is 6.07 Å². The molecule has 0 aliphatic carbocycles. The smallest absolute Gasteiger partial charge is 0.338 e. The van der Waals surface area contributed by atoms with Crippen LogP contribution in [0.4, 0.5) is 5.69 Å². The maximum atomic E-state index is 12.4. The SMILES string of the molecule is CCc1cccc(C)c1NC(=O)COC(=O)c1ccc(COc2ccc3c(C)cc(=O)oc3c2)cc1. The summed E-state index contributed by atoms with van der Waals surface area (Å²) in [6.07, 6.45) is 0.782. The van der Waals surface area contributed by atoms with E-state index < -0.39 is 17.5 Å². The van der Waals surface area contributed by atoms with Gasteiger partial charge in [-0.25, -0.2) is 9.59 Å². The summed E-state index contributed by atoms with van der Waals surface area (Å²) in [6.45, 7) is 5.67. The summed E-state index contributed by atoms with van der Waals surface area (Å²) in [5.74, 6) is -0.414. The molecule has 0 fully saturated rings. The average molecular weight is 486 g/mol. The number of nitrogens with one attached hydrogen (secondary N) is 1. The number of benzene rings is 3. The van der Waals surface area contributed by atoms with Gasteiger partial charge in [-0.2, -0.15) is 0 Å². The normalized spacial score (nSPS) is 10.8. The zero-order valence-corrected chi connectivity index (χ0v) is 20.4. The van der Waals surface area contributed by atoms with Crippen molar-refractivity contribution in [1.29, 1.82) is 0 Å². The zero-order valence-electron chi connectivity index (χ0n) is 20.4. The predicted octanol–water partition coefficient (Wildman–Crippen LogP) is 5.35. The Labute approximate surface area is 208 Å². The minimum absolute atomic E-state index is 0.259. The van der Waals surface area contributed by atoms with Gasteiger partial charge >= 0.3 is 11.6 Å². The second-order valence-electron chi connectivity index (χ2n) is 8.48. The second-order valence-corrected chi connectivity index (χ2v) is 8.48. The second kappa shape index (κ2) is 10.9. The van der Waals surface area contributed by atoms with E-state index in [1.54, 1.807) is 30.3 Å². The molecule has 0 unspecified atom stereocenters. The van der Waals surface area contributed by atoms with E-state index in [1.807, 2.05) is 51.1 Å². The number of ether oxygens (including phenoxy) is 2. The number of anilines is 1. The minimum Gasteiger partial charge on any atom is -0.489 e. The van der Waals surface area contributed by atoms with E-state index in [0.717, 1.165) is 39.7 Å². The number of fused-ring (bicyclic) bond motifs is 1. The molecule has 4 rings (SSSR count). The van der Waals surface area contributed by atoms with Crippen LogP contribution in [0.15, 0.2) is 75.9 Å². The quantitative estimate of drug-likeness (QED) is 0.267. The molecule has 1 amide bonds. The van der Waals surface area contributed by atoms with Crippen molar-refractivity contribution in [3.05, 3.63) is 105 Å². The fourth-order valence-corrected chi connectivity index (χ4v) is 3.89. The van der Waals surface area contributed by atoms with Crippen LogP contribution >= 0.6 is 0 Å². The standard InChI is InChI=1S/C29H27NO6/c1-4-21-7-5-6-18(2)28(21)30-26(31)17-35-29(33)22-10-8-20(9-11-22)16-34-23-12-13-24-19(3)14-27(32)36-25(24)15-23/h5-15H,4,16-17H2,1-3H3,(H,30,31). The van der Waals surface area contributed by atoms with Crippen LogP contribution < -0.4 is 15.7 Å². The number of esters is 1. The molecule has 0 saturated carbocycles. The minimum atomic E-state index is -0.585. The summed E-state index contributed by atoms with van der Waals surface area (Å²) in [7, 11) is 0. The molecule has 0 aliphatic rings. The summed E-state index contributed by atoms with van der Waals surface area (Å²) in [5.41, 5.74) is 4.81. The van der Waals surface area contributed by atoms with E-state index in [4.69, 9.17) is 13.9 Å². The molecule has 3 aromatic carbocycles. The van der Waals surface area contributed by atoms with Gasteiger partial charge in [0.1, 0.15) is 17.9 Å². The molecule has 7 nitrogen and oxygen atoms in total.